The fraction of sp³-hybridized carbons (Fsp3) is 0.224. The number of aryl methyl sites for hydroxylation is 3. The number of fused-ring (bicyclic) bond motifs is 3. The average Bonchev–Trinajstić information content (AvgIpc) is 3.68. The first-order valence-electron chi connectivity index (χ1n) is 22.6. The van der Waals surface area contributed by atoms with Crippen molar-refractivity contribution < 1.29 is 24.5 Å². The van der Waals surface area contributed by atoms with E-state index in [0.29, 0.717) is 0 Å². The largest absolute Gasteiger partial charge is 0.455 e. The van der Waals surface area contributed by atoms with Crippen molar-refractivity contribution in [2.45, 2.75) is 78.9 Å². The molecule has 4 nitrogen and oxygen atoms in total. The summed E-state index contributed by atoms with van der Waals surface area (Å²) in [5.41, 5.74) is 16.2. The van der Waals surface area contributed by atoms with Crippen LogP contribution in [0.4, 0.5) is 0 Å². The summed E-state index contributed by atoms with van der Waals surface area (Å²) in [4.78, 5) is 13.6. The number of benzene rings is 5. The Hall–Kier alpha value is -5.78. The molecular weight excluding hydrogens is 975 g/mol. The van der Waals surface area contributed by atoms with Crippen LogP contribution in [0.2, 0.25) is 19.6 Å². The van der Waals surface area contributed by atoms with Crippen molar-refractivity contribution in [3.63, 3.8) is 0 Å². The second kappa shape index (κ2) is 21.3. The predicted octanol–water partition coefficient (Wildman–Crippen LogP) is 15.4. The Morgan fingerprint density at radius 2 is 1.20 bits per heavy atom. The van der Waals surface area contributed by atoms with Gasteiger partial charge in [-0.2, -0.15) is 0 Å². The molecule has 1 fully saturated rings. The van der Waals surface area contributed by atoms with Crippen LogP contribution < -0.4 is 5.19 Å². The van der Waals surface area contributed by atoms with E-state index in [0.717, 1.165) is 62.5 Å². The van der Waals surface area contributed by atoms with Crippen molar-refractivity contribution in [3.05, 3.63) is 193 Å². The first kappa shape index (κ1) is 46.2. The molecule has 4 aromatic heterocycles. The van der Waals surface area contributed by atoms with Gasteiger partial charge in [0.05, 0.1) is 25.2 Å². The predicted molar refractivity (Wildman–Crippen MR) is 269 cm³/mol. The molecule has 4 heterocycles. The molecule has 1 radical (unpaired) electrons. The molecule has 0 spiro atoms. The van der Waals surface area contributed by atoms with Gasteiger partial charge in [-0.05, 0) is 115 Å². The van der Waals surface area contributed by atoms with Gasteiger partial charge in [-0.15, -0.1) is 0 Å². The molecule has 0 amide bonds. The molecule has 325 valence electrons. The summed E-state index contributed by atoms with van der Waals surface area (Å²) in [5, 5.41) is 3.72. The van der Waals surface area contributed by atoms with Gasteiger partial charge in [0.2, 0.25) is 0 Å². The number of para-hydroxylation sites is 1. The van der Waals surface area contributed by atoms with Crippen LogP contribution in [0.15, 0.2) is 175 Å². The minimum absolute atomic E-state index is 0. The third-order valence-electron chi connectivity index (χ3n) is 12.2. The number of hydrogen-bond donors (Lipinski definition) is 0. The van der Waals surface area contributed by atoms with Gasteiger partial charge in [0.15, 0.2) is 0 Å². The van der Waals surface area contributed by atoms with E-state index >= 15 is 0 Å². The molecule has 6 heteroatoms. The van der Waals surface area contributed by atoms with E-state index in [2.05, 4.69) is 147 Å². The first-order chi connectivity index (χ1) is 30.6. The zero-order valence-electron chi connectivity index (χ0n) is 38.1. The van der Waals surface area contributed by atoms with E-state index in [1.165, 1.54) is 76.2 Å². The first-order valence-corrected chi connectivity index (χ1v) is 26.1. The van der Waals surface area contributed by atoms with Crippen LogP contribution in [0.25, 0.3) is 66.8 Å². The van der Waals surface area contributed by atoms with Crippen molar-refractivity contribution in [2.75, 3.05) is 0 Å². The van der Waals surface area contributed by atoms with Crippen LogP contribution in [0.5, 0.6) is 0 Å². The topological polar surface area (TPSA) is 51.8 Å². The number of furan rings is 1. The van der Waals surface area contributed by atoms with Crippen LogP contribution in [-0.4, -0.2) is 23.0 Å². The monoisotopic (exact) mass is 1030 g/mol. The standard InChI is InChI=1S/C33H33NO.C14H17NSi.C11H9N.Ir/c1-21-16-22(2)32(23(3)17-21)26-12-13-27-28-10-7-11-29(33(28)35-31(27)20-26)30-19-25(14-15-34-30)18-24-8-5-4-6-9-24;1-16(2,3)13-9-10-14(15-11-13)12-7-5-4-6-8-12;1-2-6-10(7-3-1)11-8-4-5-9-12-11;/h7,10-17,19-20,24H,4-6,8-9,18H2,1-3H3;4-11H,1-3H3;1-9H;. The van der Waals surface area contributed by atoms with Crippen LogP contribution in [0, 0.1) is 26.7 Å². The summed E-state index contributed by atoms with van der Waals surface area (Å²) in [6, 6.07) is 52.8. The second-order valence-corrected chi connectivity index (χ2v) is 23.2. The summed E-state index contributed by atoms with van der Waals surface area (Å²) in [5.74, 6) is 0.813. The maximum absolute atomic E-state index is 6.55. The van der Waals surface area contributed by atoms with Crippen molar-refractivity contribution in [3.8, 4) is 44.9 Å². The molecular formula is C58H59IrN3OSi. The SMILES string of the molecule is C[Si](C)(C)c1ccc(-c2ccccc2)nc1.Cc1cc(C)c(-c2ccc3c(c2)oc2c(-c4cc(CC5CCCCC5)ccn4)cccc23)c(C)c1.[Ir].c1ccc(-c2ccccn2)cc1. The minimum Gasteiger partial charge on any atom is -0.455 e. The minimum atomic E-state index is -1.22. The average molecular weight is 1030 g/mol. The normalized spacial score (nSPS) is 12.7. The smallest absolute Gasteiger partial charge is 0.144 e. The number of pyridine rings is 3. The third-order valence-corrected chi connectivity index (χ3v) is 14.3. The molecule has 1 aliphatic carbocycles. The van der Waals surface area contributed by atoms with Gasteiger partial charge in [0.1, 0.15) is 11.2 Å². The Morgan fingerprint density at radius 1 is 0.547 bits per heavy atom. The number of hydrogen-bond acceptors (Lipinski definition) is 4. The molecule has 0 unspecified atom stereocenters. The molecule has 0 aliphatic heterocycles. The Morgan fingerprint density at radius 3 is 1.83 bits per heavy atom. The molecule has 5 aromatic carbocycles. The van der Waals surface area contributed by atoms with Gasteiger partial charge < -0.3 is 4.42 Å². The van der Waals surface area contributed by atoms with Gasteiger partial charge in [-0.3, -0.25) is 15.0 Å². The van der Waals surface area contributed by atoms with Gasteiger partial charge in [0.25, 0.3) is 0 Å². The molecule has 1 aliphatic rings. The maximum atomic E-state index is 6.55. The van der Waals surface area contributed by atoms with Crippen molar-refractivity contribution in [2.24, 2.45) is 5.92 Å². The molecule has 9 aromatic rings. The molecule has 0 atom stereocenters. The van der Waals surface area contributed by atoms with E-state index in [9.17, 15) is 0 Å². The van der Waals surface area contributed by atoms with Crippen LogP contribution in [0.3, 0.4) is 0 Å². The summed E-state index contributed by atoms with van der Waals surface area (Å²) in [6.07, 6.45) is 13.8. The molecule has 64 heavy (non-hydrogen) atoms. The molecule has 0 bridgehead atoms. The van der Waals surface area contributed by atoms with Crippen LogP contribution in [-0.2, 0) is 26.5 Å². The molecule has 10 rings (SSSR count). The van der Waals surface area contributed by atoms with E-state index in [1.54, 1.807) is 0 Å². The number of aromatic nitrogens is 3. The zero-order valence-corrected chi connectivity index (χ0v) is 41.5. The zero-order chi connectivity index (χ0) is 43.8. The molecule has 1 saturated carbocycles. The summed E-state index contributed by atoms with van der Waals surface area (Å²) in [6.45, 7) is 13.6. The molecule has 0 N–H and O–H groups in total. The van der Waals surface area contributed by atoms with Crippen molar-refractivity contribution >= 4 is 35.2 Å². The van der Waals surface area contributed by atoms with Gasteiger partial charge in [-0.1, -0.05) is 160 Å². The van der Waals surface area contributed by atoms with Gasteiger partial charge in [0, 0.05) is 66.2 Å². The summed E-state index contributed by atoms with van der Waals surface area (Å²) >= 11 is 0. The van der Waals surface area contributed by atoms with E-state index < -0.39 is 8.07 Å². The van der Waals surface area contributed by atoms with Crippen molar-refractivity contribution in [1.29, 1.82) is 0 Å². The van der Waals surface area contributed by atoms with Crippen molar-refractivity contribution in [1.82, 2.24) is 15.0 Å². The molecule has 0 saturated heterocycles. The van der Waals surface area contributed by atoms with Crippen LogP contribution in [0.1, 0.15) is 54.4 Å². The van der Waals surface area contributed by atoms with Crippen LogP contribution >= 0.6 is 0 Å². The Bertz CT molecular complexity index is 2840. The summed E-state index contributed by atoms with van der Waals surface area (Å²) < 4.78 is 6.55. The number of rotatable bonds is 7. The third kappa shape index (κ3) is 11.3. The van der Waals surface area contributed by atoms with E-state index in [-0.39, 0.29) is 20.1 Å². The Labute approximate surface area is 394 Å². The maximum Gasteiger partial charge on any atom is 0.144 e. The fourth-order valence-corrected chi connectivity index (χ4v) is 10.1. The Balaban J connectivity index is 0.000000174. The number of nitrogens with zero attached hydrogens (tertiary/aromatic N) is 3. The Kier molecular flexibility index (Phi) is 15.4. The fourth-order valence-electron chi connectivity index (χ4n) is 9.02. The van der Waals surface area contributed by atoms with Gasteiger partial charge in [-0.25, -0.2) is 0 Å². The van der Waals surface area contributed by atoms with Gasteiger partial charge >= 0.3 is 0 Å². The quantitative estimate of drug-likeness (QED) is 0.149. The summed E-state index contributed by atoms with van der Waals surface area (Å²) in [7, 11) is -1.22. The van der Waals surface area contributed by atoms with E-state index in [1.807, 2.05) is 73.2 Å². The second-order valence-electron chi connectivity index (χ2n) is 18.2. The van der Waals surface area contributed by atoms with E-state index in [4.69, 9.17) is 9.40 Å².